The Kier molecular flexibility index (Phi) is 7.08. The number of anilines is 1. The van der Waals surface area contributed by atoms with E-state index < -0.39 is 16.1 Å². The molecule has 8 heteroatoms. The summed E-state index contributed by atoms with van der Waals surface area (Å²) in [5.74, 6) is 0.244. The van der Waals surface area contributed by atoms with Gasteiger partial charge in [-0.2, -0.15) is 8.42 Å². The lowest BCUT2D eigenvalue weighted by Crippen LogP contribution is -2.34. The molecule has 1 N–H and O–H groups in total. The third-order valence-corrected chi connectivity index (χ3v) is 6.67. The summed E-state index contributed by atoms with van der Waals surface area (Å²) >= 11 is 0. The number of nitrogens with zero attached hydrogens (tertiary/aromatic N) is 2. The molecule has 1 heterocycles. The van der Waals surface area contributed by atoms with Gasteiger partial charge in [0.2, 0.25) is 0 Å². The Hall–Kier alpha value is -3.91. The molecule has 0 aliphatic carbocycles. The third-order valence-electron chi connectivity index (χ3n) is 5.28. The lowest BCUT2D eigenvalue weighted by molar-refractivity contribution is -0.112. The summed E-state index contributed by atoms with van der Waals surface area (Å²) in [6, 6.07) is 26.4. The Morgan fingerprint density at radius 1 is 0.912 bits per heavy atom. The highest BCUT2D eigenvalue weighted by atomic mass is 32.2. The van der Waals surface area contributed by atoms with Gasteiger partial charge >= 0.3 is 10.2 Å². The molecule has 34 heavy (non-hydrogen) atoms. The number of ether oxygens (including phenoxy) is 1. The number of carbonyl (C=O) groups excluding carboxylic acids is 1. The number of nitrogens with one attached hydrogen (secondary N) is 1. The van der Waals surface area contributed by atoms with Crippen molar-refractivity contribution in [3.8, 4) is 5.75 Å². The van der Waals surface area contributed by atoms with Crippen molar-refractivity contribution in [2.45, 2.75) is 20.0 Å². The number of carbonyl (C=O) groups is 1. The Morgan fingerprint density at radius 2 is 1.53 bits per heavy atom. The summed E-state index contributed by atoms with van der Waals surface area (Å²) in [5.41, 5.74) is 2.97. The van der Waals surface area contributed by atoms with Crippen molar-refractivity contribution in [1.29, 1.82) is 0 Å². The molecule has 0 unspecified atom stereocenters. The number of rotatable bonds is 8. The van der Waals surface area contributed by atoms with Gasteiger partial charge in [-0.05, 0) is 48.7 Å². The first kappa shape index (κ1) is 23.3. The Labute approximate surface area is 199 Å². The number of benzene rings is 3. The zero-order valence-electron chi connectivity index (χ0n) is 18.7. The molecule has 0 radical (unpaired) electrons. The molecule has 0 aromatic heterocycles. The van der Waals surface area contributed by atoms with Gasteiger partial charge in [-0.15, -0.1) is 4.40 Å². The van der Waals surface area contributed by atoms with Crippen molar-refractivity contribution in [1.82, 2.24) is 4.31 Å². The van der Waals surface area contributed by atoms with Crippen LogP contribution in [-0.2, 0) is 28.0 Å². The molecular weight excluding hydrogens is 450 g/mol. The van der Waals surface area contributed by atoms with Gasteiger partial charge in [0.1, 0.15) is 12.4 Å². The summed E-state index contributed by atoms with van der Waals surface area (Å²) in [7, 11) is -3.87. The second kappa shape index (κ2) is 10.4. The van der Waals surface area contributed by atoms with Crippen molar-refractivity contribution in [3.63, 3.8) is 0 Å². The summed E-state index contributed by atoms with van der Waals surface area (Å²) in [4.78, 5) is 12.9. The van der Waals surface area contributed by atoms with Gasteiger partial charge in [0.15, 0.2) is 0 Å². The van der Waals surface area contributed by atoms with Crippen molar-refractivity contribution >= 4 is 27.5 Å². The minimum Gasteiger partial charge on any atom is -0.489 e. The third kappa shape index (κ3) is 5.90. The van der Waals surface area contributed by atoms with E-state index in [9.17, 15) is 13.2 Å². The molecule has 1 aliphatic rings. The first-order valence-electron chi connectivity index (χ1n) is 10.8. The lowest BCUT2D eigenvalue weighted by Gasteiger charge is -2.23. The largest absolute Gasteiger partial charge is 0.489 e. The lowest BCUT2D eigenvalue weighted by atomic mass is 10.1. The molecule has 0 saturated carbocycles. The van der Waals surface area contributed by atoms with Crippen molar-refractivity contribution in [3.05, 3.63) is 108 Å². The van der Waals surface area contributed by atoms with Crippen LogP contribution in [0.25, 0.3) is 0 Å². The fourth-order valence-electron chi connectivity index (χ4n) is 3.44. The zero-order valence-corrected chi connectivity index (χ0v) is 19.5. The molecule has 0 bridgehead atoms. The van der Waals surface area contributed by atoms with E-state index in [4.69, 9.17) is 4.74 Å². The molecule has 0 fully saturated rings. The molecule has 3 aromatic rings. The number of hydrogen-bond acceptors (Lipinski definition) is 4. The molecule has 1 aliphatic heterocycles. The van der Waals surface area contributed by atoms with Crippen LogP contribution in [0.4, 0.5) is 5.69 Å². The van der Waals surface area contributed by atoms with Crippen LogP contribution in [0.1, 0.15) is 18.1 Å². The predicted molar refractivity (Wildman–Crippen MR) is 133 cm³/mol. The SMILES string of the molecule is CC1=NS(=O)(=O)N(CCc2ccccc2)C=C1C(=O)Nc1ccc(OCc2ccccc2)cc1. The average molecular weight is 476 g/mol. The van der Waals surface area contributed by atoms with Crippen molar-refractivity contribution < 1.29 is 17.9 Å². The van der Waals surface area contributed by atoms with Crippen LogP contribution < -0.4 is 10.1 Å². The van der Waals surface area contributed by atoms with Crippen LogP contribution in [0.2, 0.25) is 0 Å². The number of amides is 1. The summed E-state index contributed by atoms with van der Waals surface area (Å²) < 4.78 is 35.6. The molecule has 3 aromatic carbocycles. The van der Waals surface area contributed by atoms with E-state index in [0.29, 0.717) is 24.5 Å². The highest BCUT2D eigenvalue weighted by Gasteiger charge is 2.28. The minimum absolute atomic E-state index is 0.149. The molecule has 7 nitrogen and oxygen atoms in total. The fourth-order valence-corrected chi connectivity index (χ4v) is 4.55. The average Bonchev–Trinajstić information content (AvgIpc) is 2.84. The zero-order chi connectivity index (χ0) is 24.0. The Morgan fingerprint density at radius 3 is 2.18 bits per heavy atom. The predicted octanol–water partition coefficient (Wildman–Crippen LogP) is 4.35. The van der Waals surface area contributed by atoms with Crippen LogP contribution >= 0.6 is 0 Å². The first-order valence-corrected chi connectivity index (χ1v) is 12.2. The van der Waals surface area contributed by atoms with E-state index in [1.165, 1.54) is 13.1 Å². The highest BCUT2D eigenvalue weighted by Crippen LogP contribution is 2.21. The van der Waals surface area contributed by atoms with Gasteiger partial charge in [-0.1, -0.05) is 60.7 Å². The van der Waals surface area contributed by atoms with Crippen LogP contribution in [0.15, 0.2) is 101 Å². The van der Waals surface area contributed by atoms with E-state index in [0.717, 1.165) is 15.4 Å². The van der Waals surface area contributed by atoms with Crippen LogP contribution in [-0.4, -0.2) is 30.9 Å². The van der Waals surface area contributed by atoms with E-state index in [1.807, 2.05) is 60.7 Å². The molecular formula is C26H25N3O4S. The second-order valence-electron chi connectivity index (χ2n) is 7.80. The monoisotopic (exact) mass is 475 g/mol. The molecule has 0 spiro atoms. The Bertz CT molecular complexity index is 1300. The highest BCUT2D eigenvalue weighted by molar-refractivity contribution is 7.88. The first-order chi connectivity index (χ1) is 16.4. The molecule has 174 valence electrons. The van der Waals surface area contributed by atoms with Crippen LogP contribution in [0.5, 0.6) is 5.75 Å². The standard InChI is InChI=1S/C26H25N3O4S/c1-20-25(18-29(34(31,32)28-20)17-16-21-8-4-2-5-9-21)26(30)27-23-12-14-24(15-13-23)33-19-22-10-6-3-7-11-22/h2-15,18H,16-17,19H2,1H3,(H,27,30). The topological polar surface area (TPSA) is 88.1 Å². The van der Waals surface area contributed by atoms with Gasteiger partial charge in [0, 0.05) is 18.4 Å². The number of hydrogen-bond donors (Lipinski definition) is 1. The minimum atomic E-state index is -3.87. The molecule has 0 saturated heterocycles. The summed E-state index contributed by atoms with van der Waals surface area (Å²) in [6.07, 6.45) is 1.86. The molecule has 0 atom stereocenters. The Balaban J connectivity index is 1.40. The smallest absolute Gasteiger partial charge is 0.344 e. The van der Waals surface area contributed by atoms with E-state index in [2.05, 4.69) is 9.71 Å². The maximum atomic E-state index is 12.9. The molecule has 4 rings (SSSR count). The second-order valence-corrected chi connectivity index (χ2v) is 9.34. The quantitative estimate of drug-likeness (QED) is 0.525. The fraction of sp³-hybridized carbons (Fsp3) is 0.154. The maximum Gasteiger partial charge on any atom is 0.344 e. The van der Waals surface area contributed by atoms with Crippen molar-refractivity contribution in [2.75, 3.05) is 11.9 Å². The van der Waals surface area contributed by atoms with Gasteiger partial charge in [-0.25, -0.2) is 0 Å². The van der Waals surface area contributed by atoms with Gasteiger partial charge in [0.05, 0.1) is 11.3 Å². The van der Waals surface area contributed by atoms with E-state index in [-0.39, 0.29) is 17.8 Å². The van der Waals surface area contributed by atoms with Gasteiger partial charge in [-0.3, -0.25) is 9.10 Å². The maximum absolute atomic E-state index is 12.9. The van der Waals surface area contributed by atoms with E-state index in [1.54, 1.807) is 24.3 Å². The van der Waals surface area contributed by atoms with E-state index >= 15 is 0 Å². The van der Waals surface area contributed by atoms with Gasteiger partial charge in [0.25, 0.3) is 5.91 Å². The normalized spacial score (nSPS) is 14.7. The summed E-state index contributed by atoms with van der Waals surface area (Å²) in [6.45, 7) is 2.15. The molecule has 1 amide bonds. The van der Waals surface area contributed by atoms with Crippen LogP contribution in [0, 0.1) is 0 Å². The van der Waals surface area contributed by atoms with Crippen molar-refractivity contribution in [2.24, 2.45) is 4.40 Å². The van der Waals surface area contributed by atoms with Crippen LogP contribution in [0.3, 0.4) is 0 Å². The van der Waals surface area contributed by atoms with Gasteiger partial charge < -0.3 is 10.1 Å². The summed E-state index contributed by atoms with van der Waals surface area (Å²) in [5, 5.41) is 2.80.